The molecule has 29 heavy (non-hydrogen) atoms. The van der Waals surface area contributed by atoms with Gasteiger partial charge in [0.15, 0.2) is 0 Å². The number of rotatable bonds is 5. The van der Waals surface area contributed by atoms with Crippen LogP contribution in [0, 0.1) is 0 Å². The highest BCUT2D eigenvalue weighted by atomic mass is 35.5. The number of benzene rings is 1. The summed E-state index contributed by atoms with van der Waals surface area (Å²) in [5, 5.41) is 23.5. The van der Waals surface area contributed by atoms with Gasteiger partial charge in [0.05, 0.1) is 21.4 Å². The highest BCUT2D eigenvalue weighted by molar-refractivity contribution is 7.13. The fraction of sp³-hybridized carbons (Fsp3) is 0. The molecular weight excluding hydrogens is 455 g/mol. The second-order valence-corrected chi connectivity index (χ2v) is 8.25. The van der Waals surface area contributed by atoms with Gasteiger partial charge in [0, 0.05) is 5.56 Å². The molecule has 1 aromatic carbocycles. The monoisotopic (exact) mass is 464 g/mol. The maximum Gasteiger partial charge on any atom is 0.267 e. The molecule has 3 aromatic heterocycles. The van der Waals surface area contributed by atoms with E-state index >= 15 is 0 Å². The summed E-state index contributed by atoms with van der Waals surface area (Å²) in [5.41, 5.74) is 1.33. The summed E-state index contributed by atoms with van der Waals surface area (Å²) >= 11 is 14.5. The first kappa shape index (κ1) is 19.5. The number of aromatic amines is 1. The number of anilines is 2. The number of hydrogen-bond donors (Lipinski definition) is 3. The van der Waals surface area contributed by atoms with E-state index in [0.717, 1.165) is 0 Å². The first-order valence-electron chi connectivity index (χ1n) is 7.99. The minimum absolute atomic E-state index is 0.342. The zero-order chi connectivity index (χ0) is 20.4. The molecule has 0 saturated heterocycles. The van der Waals surface area contributed by atoms with Crippen molar-refractivity contribution in [2.75, 3.05) is 10.6 Å². The van der Waals surface area contributed by atoms with Crippen molar-refractivity contribution in [2.45, 2.75) is 0 Å². The van der Waals surface area contributed by atoms with Crippen molar-refractivity contribution in [3.8, 4) is 11.4 Å². The first-order valence-corrected chi connectivity index (χ1v) is 10.5. The molecule has 0 unspecified atom stereocenters. The Morgan fingerprint density at radius 1 is 0.897 bits per heavy atom. The van der Waals surface area contributed by atoms with Gasteiger partial charge in [0.25, 0.3) is 11.8 Å². The van der Waals surface area contributed by atoms with Gasteiger partial charge >= 0.3 is 0 Å². The lowest BCUT2D eigenvalue weighted by molar-refractivity contribution is 0.102. The van der Waals surface area contributed by atoms with E-state index in [2.05, 4.69) is 31.3 Å². The summed E-state index contributed by atoms with van der Waals surface area (Å²) in [6.45, 7) is 0. The summed E-state index contributed by atoms with van der Waals surface area (Å²) < 4.78 is 0. The highest BCUT2D eigenvalue weighted by Crippen LogP contribution is 2.31. The molecule has 12 heteroatoms. The molecule has 0 bridgehead atoms. The van der Waals surface area contributed by atoms with Crippen LogP contribution in [0.15, 0.2) is 41.1 Å². The number of amides is 2. The number of nitrogens with one attached hydrogen (secondary N) is 3. The number of carbonyl (C=O) groups excluding carboxylic acids is 2. The van der Waals surface area contributed by atoms with Crippen LogP contribution in [0.3, 0.4) is 0 Å². The van der Waals surface area contributed by atoms with Gasteiger partial charge in [0.1, 0.15) is 9.75 Å². The molecule has 0 spiro atoms. The predicted octanol–water partition coefficient (Wildman–Crippen LogP) is 4.80. The van der Waals surface area contributed by atoms with Crippen molar-refractivity contribution in [3.05, 3.63) is 60.9 Å². The van der Waals surface area contributed by atoms with Crippen molar-refractivity contribution >= 4 is 69.1 Å². The third kappa shape index (κ3) is 4.15. The average molecular weight is 465 g/mol. The van der Waals surface area contributed by atoms with Crippen LogP contribution in [0.4, 0.5) is 11.4 Å². The number of carbonyl (C=O) groups is 2. The number of tetrazole rings is 1. The maximum atomic E-state index is 12.6. The molecule has 8 nitrogen and oxygen atoms in total. The molecule has 4 aromatic rings. The van der Waals surface area contributed by atoms with Gasteiger partial charge in [-0.2, -0.15) is 5.21 Å². The summed E-state index contributed by atoms with van der Waals surface area (Å²) in [7, 11) is 0. The van der Waals surface area contributed by atoms with Crippen LogP contribution in [-0.2, 0) is 0 Å². The molecule has 0 aliphatic heterocycles. The zero-order valence-corrected chi connectivity index (χ0v) is 17.4. The van der Waals surface area contributed by atoms with E-state index in [-0.39, 0.29) is 5.91 Å². The predicted molar refractivity (Wildman–Crippen MR) is 114 cm³/mol. The summed E-state index contributed by atoms with van der Waals surface area (Å²) in [6, 6.07) is 8.25. The first-order chi connectivity index (χ1) is 14.0. The van der Waals surface area contributed by atoms with Gasteiger partial charge in [-0.15, -0.1) is 32.9 Å². The Bertz CT molecular complexity index is 1190. The van der Waals surface area contributed by atoms with E-state index in [1.807, 2.05) is 0 Å². The van der Waals surface area contributed by atoms with Crippen LogP contribution in [0.1, 0.15) is 19.3 Å². The summed E-state index contributed by atoms with van der Waals surface area (Å²) in [4.78, 5) is 25.9. The van der Waals surface area contributed by atoms with E-state index in [0.29, 0.717) is 42.6 Å². The number of halogens is 2. The molecule has 146 valence electrons. The Balaban J connectivity index is 1.68. The van der Waals surface area contributed by atoms with Crippen LogP contribution in [0.5, 0.6) is 0 Å². The van der Waals surface area contributed by atoms with Crippen LogP contribution in [-0.4, -0.2) is 32.4 Å². The molecular formula is C17H10Cl2N6O2S2. The topological polar surface area (TPSA) is 113 Å². The van der Waals surface area contributed by atoms with Gasteiger partial charge in [-0.1, -0.05) is 23.2 Å². The fourth-order valence-electron chi connectivity index (χ4n) is 2.45. The number of hydrogen-bond acceptors (Lipinski definition) is 7. The van der Waals surface area contributed by atoms with E-state index in [4.69, 9.17) is 23.2 Å². The van der Waals surface area contributed by atoms with Crippen molar-refractivity contribution < 1.29 is 9.59 Å². The van der Waals surface area contributed by atoms with Crippen LogP contribution in [0.25, 0.3) is 11.4 Å². The normalized spacial score (nSPS) is 10.7. The Labute approximate surface area is 181 Å². The minimum Gasteiger partial charge on any atom is -0.319 e. The second kappa shape index (κ2) is 8.29. The largest absolute Gasteiger partial charge is 0.319 e. The molecule has 4 rings (SSSR count). The third-order valence-corrected chi connectivity index (χ3v) is 6.45. The second-order valence-electron chi connectivity index (χ2n) is 5.60. The Hall–Kier alpha value is -2.79. The Morgan fingerprint density at radius 2 is 1.52 bits per heavy atom. The van der Waals surface area contributed by atoms with Crippen molar-refractivity contribution in [2.24, 2.45) is 0 Å². The zero-order valence-electron chi connectivity index (χ0n) is 14.3. The van der Waals surface area contributed by atoms with Gasteiger partial charge < -0.3 is 10.6 Å². The average Bonchev–Trinajstić information content (AvgIpc) is 3.44. The minimum atomic E-state index is -0.403. The van der Waals surface area contributed by atoms with Crippen LogP contribution >= 0.6 is 45.9 Å². The smallest absolute Gasteiger partial charge is 0.267 e. The standard InChI is InChI=1S/C17H10Cl2N6O2S2/c18-9-3-5-28-13(9)16(26)20-11-2-1-8(15-22-24-25-23-15)7-12(11)21-17(27)14-10(19)4-6-29-14/h1-7H,(H,20,26)(H,21,27)(H,22,23,24,25). The highest BCUT2D eigenvalue weighted by Gasteiger charge is 2.18. The van der Waals surface area contributed by atoms with Crippen molar-refractivity contribution in [1.29, 1.82) is 0 Å². The lowest BCUT2D eigenvalue weighted by Crippen LogP contribution is -2.16. The molecule has 0 saturated carbocycles. The third-order valence-electron chi connectivity index (χ3n) is 3.77. The lowest BCUT2D eigenvalue weighted by Gasteiger charge is -2.13. The molecule has 3 heterocycles. The maximum absolute atomic E-state index is 12.6. The van der Waals surface area contributed by atoms with Crippen molar-refractivity contribution in [1.82, 2.24) is 20.6 Å². The number of nitrogens with zero attached hydrogens (tertiary/aromatic N) is 3. The van der Waals surface area contributed by atoms with E-state index in [9.17, 15) is 9.59 Å². The number of thiophene rings is 2. The molecule has 0 aliphatic rings. The van der Waals surface area contributed by atoms with Gasteiger partial charge in [-0.3, -0.25) is 9.59 Å². The summed E-state index contributed by atoms with van der Waals surface area (Å²) in [5.74, 6) is -0.448. The summed E-state index contributed by atoms with van der Waals surface area (Å²) in [6.07, 6.45) is 0. The van der Waals surface area contributed by atoms with Crippen LogP contribution in [0.2, 0.25) is 10.0 Å². The number of aromatic nitrogens is 4. The Kier molecular flexibility index (Phi) is 5.58. The fourth-order valence-corrected chi connectivity index (χ4v) is 4.52. The van der Waals surface area contributed by atoms with E-state index in [1.165, 1.54) is 22.7 Å². The quantitative estimate of drug-likeness (QED) is 0.392. The van der Waals surface area contributed by atoms with Crippen molar-refractivity contribution in [3.63, 3.8) is 0 Å². The molecule has 0 fully saturated rings. The van der Waals surface area contributed by atoms with Gasteiger partial charge in [-0.25, -0.2) is 0 Å². The Morgan fingerprint density at radius 3 is 2.03 bits per heavy atom. The molecule has 2 amide bonds. The van der Waals surface area contributed by atoms with E-state index in [1.54, 1.807) is 41.1 Å². The molecule has 0 atom stereocenters. The lowest BCUT2D eigenvalue weighted by atomic mass is 10.1. The van der Waals surface area contributed by atoms with Gasteiger partial charge in [0.2, 0.25) is 5.82 Å². The molecule has 3 N–H and O–H groups in total. The van der Waals surface area contributed by atoms with E-state index < -0.39 is 5.91 Å². The molecule has 0 aliphatic carbocycles. The number of H-pyrrole nitrogens is 1. The SMILES string of the molecule is O=C(Nc1ccc(-c2nn[nH]n2)cc1NC(=O)c1sccc1Cl)c1sccc1Cl. The van der Waals surface area contributed by atoms with Gasteiger partial charge in [-0.05, 0) is 46.3 Å². The molecule has 0 radical (unpaired) electrons. The van der Waals surface area contributed by atoms with Crippen LogP contribution < -0.4 is 10.6 Å².